The molecule has 3 fully saturated rings. The Hall–Kier alpha value is -1.36. The smallest absolute Gasteiger partial charge is 0.119 e. The van der Waals surface area contributed by atoms with E-state index >= 15 is 0 Å². The number of nitrogens with zero attached hydrogens (tertiary/aromatic N) is 2. The highest BCUT2D eigenvalue weighted by molar-refractivity contribution is 5.85. The summed E-state index contributed by atoms with van der Waals surface area (Å²) in [5.74, 6) is 2.37. The number of ether oxygens (including phenoxy) is 1. The molecule has 3 aliphatic heterocycles. The van der Waals surface area contributed by atoms with Gasteiger partial charge in [-0.2, -0.15) is 0 Å². The topological polar surface area (TPSA) is 45.6 Å². The van der Waals surface area contributed by atoms with E-state index in [0.717, 1.165) is 53.6 Å². The lowest BCUT2D eigenvalue weighted by molar-refractivity contribution is -0.0562. The highest BCUT2D eigenvalue weighted by Crippen LogP contribution is 2.42. The largest absolute Gasteiger partial charge is 0.497 e. The van der Waals surface area contributed by atoms with Gasteiger partial charge in [0, 0.05) is 24.2 Å². The molecular formula is C20H27ClN2O2. The Balaban J connectivity index is 0.00000182. The molecule has 5 heteroatoms. The molecule has 5 atom stereocenters. The maximum absolute atomic E-state index is 11.2. The van der Waals surface area contributed by atoms with Crippen LogP contribution >= 0.6 is 12.4 Å². The predicted molar refractivity (Wildman–Crippen MR) is 102 cm³/mol. The molecule has 1 aromatic heterocycles. The van der Waals surface area contributed by atoms with Crippen molar-refractivity contribution in [2.75, 3.05) is 20.2 Å². The van der Waals surface area contributed by atoms with Crippen LogP contribution in [0, 0.1) is 11.8 Å². The molecule has 4 heterocycles. The number of aliphatic hydroxyl groups excluding tert-OH is 1. The van der Waals surface area contributed by atoms with Gasteiger partial charge in [-0.25, -0.2) is 0 Å². The number of hydrogen-bond acceptors (Lipinski definition) is 4. The number of rotatable bonds is 4. The number of fused-ring (bicyclic) bond motifs is 4. The van der Waals surface area contributed by atoms with Gasteiger partial charge in [0.1, 0.15) is 5.75 Å². The van der Waals surface area contributed by atoms with E-state index in [4.69, 9.17) is 4.74 Å². The van der Waals surface area contributed by atoms with Crippen LogP contribution in [0.4, 0.5) is 0 Å². The van der Waals surface area contributed by atoms with Crippen LogP contribution in [0.5, 0.6) is 5.75 Å². The maximum atomic E-state index is 11.2. The zero-order valence-electron chi connectivity index (χ0n) is 14.9. The van der Waals surface area contributed by atoms with Crippen molar-refractivity contribution >= 4 is 23.3 Å². The Morgan fingerprint density at radius 2 is 2.20 bits per heavy atom. The molecule has 0 aliphatic carbocycles. The van der Waals surface area contributed by atoms with Gasteiger partial charge in [-0.05, 0) is 61.1 Å². The minimum atomic E-state index is -0.469. The SMILES string of the molecule is CC[C@@H]1CN2CCC1C[C@@H]2[C@@H](O)c1ccnc2ccc(OC)cc12.Cl. The minimum absolute atomic E-state index is 0. The van der Waals surface area contributed by atoms with Crippen molar-refractivity contribution in [2.24, 2.45) is 11.8 Å². The van der Waals surface area contributed by atoms with Gasteiger partial charge in [0.25, 0.3) is 0 Å². The second-order valence-corrected chi connectivity index (χ2v) is 7.24. The van der Waals surface area contributed by atoms with Crippen molar-refractivity contribution in [1.82, 2.24) is 9.88 Å². The average Bonchev–Trinajstić information content (AvgIpc) is 2.66. The van der Waals surface area contributed by atoms with Crippen LogP contribution < -0.4 is 4.74 Å². The molecule has 3 saturated heterocycles. The van der Waals surface area contributed by atoms with Crippen LogP contribution in [-0.2, 0) is 0 Å². The van der Waals surface area contributed by atoms with Crippen molar-refractivity contribution in [3.8, 4) is 5.75 Å². The summed E-state index contributed by atoms with van der Waals surface area (Å²) in [6, 6.07) is 8.07. The first kappa shape index (κ1) is 18.4. The number of methoxy groups -OCH3 is 1. The Bertz CT molecular complexity index is 739. The zero-order valence-corrected chi connectivity index (χ0v) is 15.7. The number of aliphatic hydroxyl groups is 1. The molecule has 2 unspecified atom stereocenters. The molecule has 0 spiro atoms. The molecule has 5 rings (SSSR count). The predicted octanol–water partition coefficient (Wildman–Crippen LogP) is 3.82. The van der Waals surface area contributed by atoms with Crippen LogP contribution in [0.25, 0.3) is 10.9 Å². The Morgan fingerprint density at radius 1 is 1.36 bits per heavy atom. The molecule has 25 heavy (non-hydrogen) atoms. The van der Waals surface area contributed by atoms with Gasteiger partial charge in [0.05, 0.1) is 18.7 Å². The third-order valence-corrected chi connectivity index (χ3v) is 6.13. The third kappa shape index (κ3) is 3.23. The molecule has 3 aliphatic rings. The first-order valence-corrected chi connectivity index (χ1v) is 9.06. The van der Waals surface area contributed by atoms with Crippen LogP contribution in [0.3, 0.4) is 0 Å². The Morgan fingerprint density at radius 3 is 2.88 bits per heavy atom. The van der Waals surface area contributed by atoms with Crippen LogP contribution in [0.1, 0.15) is 37.9 Å². The normalized spacial score (nSPS) is 29.2. The second kappa shape index (κ2) is 7.48. The van der Waals surface area contributed by atoms with Gasteiger partial charge < -0.3 is 9.84 Å². The van der Waals surface area contributed by atoms with Gasteiger partial charge in [-0.15, -0.1) is 12.4 Å². The van der Waals surface area contributed by atoms with Gasteiger partial charge in [0.2, 0.25) is 0 Å². The lowest BCUT2D eigenvalue weighted by Gasteiger charge is -2.51. The monoisotopic (exact) mass is 362 g/mol. The summed E-state index contributed by atoms with van der Waals surface area (Å²) in [7, 11) is 1.67. The fraction of sp³-hybridized carbons (Fsp3) is 0.550. The summed E-state index contributed by atoms with van der Waals surface area (Å²) in [6.45, 7) is 4.55. The fourth-order valence-corrected chi connectivity index (χ4v) is 4.71. The third-order valence-electron chi connectivity index (χ3n) is 6.13. The van der Waals surface area contributed by atoms with Crippen molar-refractivity contribution in [1.29, 1.82) is 0 Å². The fourth-order valence-electron chi connectivity index (χ4n) is 4.71. The maximum Gasteiger partial charge on any atom is 0.119 e. The molecule has 0 saturated carbocycles. The second-order valence-electron chi connectivity index (χ2n) is 7.24. The zero-order chi connectivity index (χ0) is 16.7. The van der Waals surface area contributed by atoms with Crippen LogP contribution in [-0.4, -0.2) is 41.2 Å². The summed E-state index contributed by atoms with van der Waals surface area (Å²) in [4.78, 5) is 6.94. The van der Waals surface area contributed by atoms with Crippen molar-refractivity contribution in [3.05, 3.63) is 36.0 Å². The number of aromatic nitrogens is 1. The first-order valence-electron chi connectivity index (χ1n) is 9.06. The molecule has 2 aromatic rings. The lowest BCUT2D eigenvalue weighted by Crippen LogP contribution is -2.55. The minimum Gasteiger partial charge on any atom is -0.497 e. The van der Waals surface area contributed by atoms with E-state index in [1.165, 1.54) is 12.8 Å². The molecule has 1 N–H and O–H groups in total. The van der Waals surface area contributed by atoms with Crippen LogP contribution in [0.2, 0.25) is 0 Å². The van der Waals surface area contributed by atoms with Gasteiger partial charge in [0.15, 0.2) is 0 Å². The molecule has 2 bridgehead atoms. The first-order chi connectivity index (χ1) is 11.7. The van der Waals surface area contributed by atoms with E-state index in [1.807, 2.05) is 24.3 Å². The van der Waals surface area contributed by atoms with Gasteiger partial charge in [-0.3, -0.25) is 9.88 Å². The lowest BCUT2D eigenvalue weighted by atomic mass is 9.72. The molecule has 0 radical (unpaired) electrons. The van der Waals surface area contributed by atoms with E-state index in [-0.39, 0.29) is 18.4 Å². The highest BCUT2D eigenvalue weighted by atomic mass is 35.5. The van der Waals surface area contributed by atoms with Crippen molar-refractivity contribution < 1.29 is 9.84 Å². The van der Waals surface area contributed by atoms with Crippen molar-refractivity contribution in [3.63, 3.8) is 0 Å². The number of hydrogen-bond donors (Lipinski definition) is 1. The summed E-state index contributed by atoms with van der Waals surface area (Å²) in [6.07, 6.45) is 4.97. The number of piperidine rings is 3. The molecule has 136 valence electrons. The summed E-state index contributed by atoms with van der Waals surface area (Å²) in [5, 5.41) is 12.2. The van der Waals surface area contributed by atoms with Crippen molar-refractivity contribution in [2.45, 2.75) is 38.3 Å². The van der Waals surface area contributed by atoms with E-state index in [1.54, 1.807) is 13.3 Å². The van der Waals surface area contributed by atoms with E-state index in [2.05, 4.69) is 16.8 Å². The van der Waals surface area contributed by atoms with Gasteiger partial charge >= 0.3 is 0 Å². The molecular weight excluding hydrogens is 336 g/mol. The molecule has 4 nitrogen and oxygen atoms in total. The molecule has 1 aromatic carbocycles. The van der Waals surface area contributed by atoms with E-state index in [9.17, 15) is 5.11 Å². The summed E-state index contributed by atoms with van der Waals surface area (Å²) in [5.41, 5.74) is 1.89. The number of pyridine rings is 1. The average molecular weight is 363 g/mol. The Kier molecular flexibility index (Phi) is 5.52. The molecule has 0 amide bonds. The quantitative estimate of drug-likeness (QED) is 0.898. The Labute approximate surface area is 155 Å². The summed E-state index contributed by atoms with van der Waals surface area (Å²) < 4.78 is 5.36. The highest BCUT2D eigenvalue weighted by Gasteiger charge is 2.42. The standard InChI is InChI=1S/C20H26N2O2.ClH/c1-3-13-12-22-9-7-14(13)10-19(22)20(23)16-6-8-21-18-5-4-15(24-2)11-17(16)18;/h4-6,8,11,13-14,19-20,23H,3,7,9-10,12H2,1-2H3;1H/t13-,14?,19-,20+;/m1./s1. The summed E-state index contributed by atoms with van der Waals surface area (Å²) >= 11 is 0. The number of halogens is 1. The van der Waals surface area contributed by atoms with E-state index < -0.39 is 6.10 Å². The number of benzene rings is 1. The van der Waals surface area contributed by atoms with Crippen LogP contribution in [0.15, 0.2) is 30.5 Å². The van der Waals surface area contributed by atoms with E-state index in [0.29, 0.717) is 0 Å². The van der Waals surface area contributed by atoms with Gasteiger partial charge in [-0.1, -0.05) is 13.3 Å².